The summed E-state index contributed by atoms with van der Waals surface area (Å²) in [6.45, 7) is 1.58. The topological polar surface area (TPSA) is 96.2 Å². The normalized spacial score (nSPS) is 10.6. The smallest absolute Gasteiger partial charge is 0.335 e. The molecular formula is C10H8N2O4. The minimum absolute atomic E-state index is 0.0367. The van der Waals surface area contributed by atoms with Gasteiger partial charge in [0.2, 0.25) is 0 Å². The maximum absolute atomic E-state index is 10.8. The second-order valence-corrected chi connectivity index (χ2v) is 3.42. The van der Waals surface area contributed by atoms with Crippen molar-refractivity contribution in [2.45, 2.75) is 6.92 Å². The number of H-pyrrole nitrogens is 1. The van der Waals surface area contributed by atoms with E-state index in [0.29, 0.717) is 16.6 Å². The molecule has 0 spiro atoms. The molecule has 0 aliphatic carbocycles. The van der Waals surface area contributed by atoms with Crippen molar-refractivity contribution in [3.05, 3.63) is 39.6 Å². The van der Waals surface area contributed by atoms with Gasteiger partial charge in [0.1, 0.15) is 0 Å². The first kappa shape index (κ1) is 10.2. The molecular weight excluding hydrogens is 212 g/mol. The molecule has 0 unspecified atom stereocenters. The van der Waals surface area contributed by atoms with E-state index < -0.39 is 10.9 Å². The summed E-state index contributed by atoms with van der Waals surface area (Å²) in [6, 6.07) is 4.24. The van der Waals surface area contributed by atoms with Crippen molar-refractivity contribution < 1.29 is 14.8 Å². The first-order chi connectivity index (χ1) is 7.50. The zero-order valence-electron chi connectivity index (χ0n) is 8.35. The molecule has 82 valence electrons. The SMILES string of the molecule is Cc1[nH]c2ccc(C(=O)O)cc2c1[N+](=O)[O-]. The van der Waals surface area contributed by atoms with Gasteiger partial charge in [-0.25, -0.2) is 4.79 Å². The second kappa shape index (κ2) is 3.34. The molecule has 16 heavy (non-hydrogen) atoms. The van der Waals surface area contributed by atoms with Gasteiger partial charge in [-0.2, -0.15) is 0 Å². The van der Waals surface area contributed by atoms with Crippen molar-refractivity contribution in [3.8, 4) is 0 Å². The second-order valence-electron chi connectivity index (χ2n) is 3.42. The van der Waals surface area contributed by atoms with Gasteiger partial charge in [-0.05, 0) is 25.1 Å². The number of aromatic amines is 1. The van der Waals surface area contributed by atoms with E-state index >= 15 is 0 Å². The molecule has 0 saturated carbocycles. The van der Waals surface area contributed by atoms with Crippen molar-refractivity contribution in [3.63, 3.8) is 0 Å². The highest BCUT2D eigenvalue weighted by Crippen LogP contribution is 2.29. The number of rotatable bonds is 2. The highest BCUT2D eigenvalue weighted by Gasteiger charge is 2.19. The quantitative estimate of drug-likeness (QED) is 0.598. The summed E-state index contributed by atoms with van der Waals surface area (Å²) in [7, 11) is 0. The number of aromatic carboxylic acids is 1. The van der Waals surface area contributed by atoms with Crippen molar-refractivity contribution in [2.75, 3.05) is 0 Å². The molecule has 0 aliphatic heterocycles. The van der Waals surface area contributed by atoms with Crippen molar-refractivity contribution in [2.24, 2.45) is 0 Å². The van der Waals surface area contributed by atoms with Gasteiger partial charge >= 0.3 is 5.97 Å². The molecule has 1 aromatic heterocycles. The minimum atomic E-state index is -1.10. The Morgan fingerprint density at radius 3 is 2.75 bits per heavy atom. The van der Waals surface area contributed by atoms with Gasteiger partial charge in [0.25, 0.3) is 5.69 Å². The van der Waals surface area contributed by atoms with Crippen LogP contribution in [0.3, 0.4) is 0 Å². The fraction of sp³-hybridized carbons (Fsp3) is 0.100. The lowest BCUT2D eigenvalue weighted by Crippen LogP contribution is -1.95. The lowest BCUT2D eigenvalue weighted by Gasteiger charge is -1.94. The van der Waals surface area contributed by atoms with Crippen LogP contribution in [-0.2, 0) is 0 Å². The van der Waals surface area contributed by atoms with Crippen LogP contribution in [0.4, 0.5) is 5.69 Å². The molecule has 2 aromatic rings. The summed E-state index contributed by atoms with van der Waals surface area (Å²) in [6.07, 6.45) is 0. The van der Waals surface area contributed by atoms with Crippen LogP contribution < -0.4 is 0 Å². The number of nitrogens with zero attached hydrogens (tertiary/aromatic N) is 1. The number of benzene rings is 1. The van der Waals surface area contributed by atoms with Crippen LogP contribution in [0.25, 0.3) is 10.9 Å². The van der Waals surface area contributed by atoms with Crippen molar-refractivity contribution in [1.29, 1.82) is 0 Å². The number of nitro groups is 1. The van der Waals surface area contributed by atoms with Crippen molar-refractivity contribution in [1.82, 2.24) is 4.98 Å². The van der Waals surface area contributed by atoms with Gasteiger partial charge in [-0.3, -0.25) is 10.1 Å². The van der Waals surface area contributed by atoms with E-state index in [0.717, 1.165) is 0 Å². The van der Waals surface area contributed by atoms with Crippen LogP contribution in [-0.4, -0.2) is 21.0 Å². The third kappa shape index (κ3) is 1.40. The van der Waals surface area contributed by atoms with E-state index in [2.05, 4.69) is 4.98 Å². The number of fused-ring (bicyclic) bond motifs is 1. The Kier molecular flexibility index (Phi) is 2.12. The maximum Gasteiger partial charge on any atom is 0.335 e. The van der Waals surface area contributed by atoms with Gasteiger partial charge in [-0.15, -0.1) is 0 Å². The zero-order chi connectivity index (χ0) is 11.9. The lowest BCUT2D eigenvalue weighted by atomic mass is 10.1. The number of carboxylic acids is 1. The Labute approximate surface area is 89.7 Å². The van der Waals surface area contributed by atoms with Crippen LogP contribution in [0.5, 0.6) is 0 Å². The summed E-state index contributed by atoms with van der Waals surface area (Å²) in [5.41, 5.74) is 0.949. The molecule has 6 nitrogen and oxygen atoms in total. The number of carbonyl (C=O) groups is 1. The molecule has 0 bridgehead atoms. The van der Waals surface area contributed by atoms with E-state index in [1.54, 1.807) is 6.92 Å². The Hall–Kier alpha value is -2.37. The molecule has 6 heteroatoms. The highest BCUT2D eigenvalue weighted by molar-refractivity contribution is 5.97. The van der Waals surface area contributed by atoms with Crippen LogP contribution >= 0.6 is 0 Å². The molecule has 0 radical (unpaired) electrons. The average Bonchev–Trinajstić information content (AvgIpc) is 2.51. The van der Waals surface area contributed by atoms with E-state index in [-0.39, 0.29) is 11.3 Å². The van der Waals surface area contributed by atoms with Crippen LogP contribution in [0.1, 0.15) is 16.1 Å². The van der Waals surface area contributed by atoms with E-state index in [1.807, 2.05) is 0 Å². The number of aryl methyl sites for hydroxylation is 1. The maximum atomic E-state index is 10.8. The fourth-order valence-electron chi connectivity index (χ4n) is 1.68. The summed E-state index contributed by atoms with van der Waals surface area (Å²) in [5, 5.41) is 19.9. The summed E-state index contributed by atoms with van der Waals surface area (Å²) in [4.78, 5) is 23.9. The van der Waals surface area contributed by atoms with Gasteiger partial charge < -0.3 is 10.1 Å². The third-order valence-electron chi connectivity index (χ3n) is 2.38. The Morgan fingerprint density at radius 2 is 2.19 bits per heavy atom. The van der Waals surface area contributed by atoms with Gasteiger partial charge in [0, 0.05) is 0 Å². The number of aromatic nitrogens is 1. The minimum Gasteiger partial charge on any atom is -0.478 e. The third-order valence-corrected chi connectivity index (χ3v) is 2.38. The number of carboxylic acid groups (broad SMARTS) is 1. The standard InChI is InChI=1S/C10H8N2O4/c1-5-9(12(15)16)7-4-6(10(13)14)2-3-8(7)11-5/h2-4,11H,1H3,(H,13,14). The molecule has 0 aliphatic rings. The van der Waals surface area contributed by atoms with Crippen LogP contribution in [0, 0.1) is 17.0 Å². The Balaban J connectivity index is 2.79. The van der Waals surface area contributed by atoms with E-state index in [9.17, 15) is 14.9 Å². The molecule has 0 amide bonds. The molecule has 1 heterocycles. The molecule has 2 rings (SSSR count). The summed E-state index contributed by atoms with van der Waals surface area (Å²) >= 11 is 0. The van der Waals surface area contributed by atoms with Crippen molar-refractivity contribution >= 4 is 22.6 Å². The Morgan fingerprint density at radius 1 is 1.50 bits per heavy atom. The molecule has 0 fully saturated rings. The van der Waals surface area contributed by atoms with Gasteiger partial charge in [0.05, 0.1) is 27.1 Å². The number of nitrogens with one attached hydrogen (secondary N) is 1. The largest absolute Gasteiger partial charge is 0.478 e. The van der Waals surface area contributed by atoms with Crippen LogP contribution in [0.15, 0.2) is 18.2 Å². The molecule has 1 aromatic carbocycles. The first-order valence-electron chi connectivity index (χ1n) is 4.50. The lowest BCUT2D eigenvalue weighted by molar-refractivity contribution is -0.383. The van der Waals surface area contributed by atoms with Crippen LogP contribution in [0.2, 0.25) is 0 Å². The first-order valence-corrected chi connectivity index (χ1v) is 4.50. The van der Waals surface area contributed by atoms with Gasteiger partial charge in [0.15, 0.2) is 0 Å². The summed E-state index contributed by atoms with van der Waals surface area (Å²) < 4.78 is 0. The number of hydrogen-bond donors (Lipinski definition) is 2. The molecule has 0 saturated heterocycles. The van der Waals surface area contributed by atoms with E-state index in [4.69, 9.17) is 5.11 Å². The average molecular weight is 220 g/mol. The zero-order valence-corrected chi connectivity index (χ0v) is 8.35. The monoisotopic (exact) mass is 220 g/mol. The predicted octanol–water partition coefficient (Wildman–Crippen LogP) is 2.08. The fourth-order valence-corrected chi connectivity index (χ4v) is 1.68. The number of hydrogen-bond acceptors (Lipinski definition) is 3. The highest BCUT2D eigenvalue weighted by atomic mass is 16.6. The van der Waals surface area contributed by atoms with E-state index in [1.165, 1.54) is 18.2 Å². The molecule has 0 atom stereocenters. The predicted molar refractivity (Wildman–Crippen MR) is 56.6 cm³/mol. The van der Waals surface area contributed by atoms with Gasteiger partial charge in [-0.1, -0.05) is 0 Å². The molecule has 2 N–H and O–H groups in total. The summed E-state index contributed by atoms with van der Waals surface area (Å²) in [5.74, 6) is -1.10. The Bertz CT molecular complexity index is 600.